The minimum absolute atomic E-state index is 0.0476. The highest BCUT2D eigenvalue weighted by Gasteiger charge is 2.18. The number of nitrogens with zero attached hydrogens (tertiary/aromatic N) is 3. The summed E-state index contributed by atoms with van der Waals surface area (Å²) in [5, 5.41) is 0. The number of hydrogen-bond acceptors (Lipinski definition) is 7. The van der Waals surface area contributed by atoms with Gasteiger partial charge in [-0.1, -0.05) is 0 Å². The average Bonchev–Trinajstić information content (AvgIpc) is 2.76. The summed E-state index contributed by atoms with van der Waals surface area (Å²) in [6.45, 7) is 3.48. The lowest BCUT2D eigenvalue weighted by Crippen LogP contribution is -2.35. The first-order valence-corrected chi connectivity index (χ1v) is 9.79. The number of morpholine rings is 1. The Balaban J connectivity index is 1.71. The van der Waals surface area contributed by atoms with Gasteiger partial charge in [0.2, 0.25) is 0 Å². The maximum Gasteiger partial charge on any atom is 0.267 e. The second kappa shape index (κ2) is 9.07. The smallest absolute Gasteiger partial charge is 0.267 e. The highest BCUT2D eigenvalue weighted by molar-refractivity contribution is 5.92. The highest BCUT2D eigenvalue weighted by atomic mass is 19.1. The number of anilines is 1. The molecular formula is C22H22FN5O3. The Morgan fingerprint density at radius 1 is 1.06 bits per heavy atom. The fourth-order valence-corrected chi connectivity index (χ4v) is 3.33. The van der Waals surface area contributed by atoms with E-state index in [-0.39, 0.29) is 17.3 Å². The summed E-state index contributed by atoms with van der Waals surface area (Å²) in [6.07, 6.45) is 0. The van der Waals surface area contributed by atoms with Gasteiger partial charge in [-0.25, -0.2) is 14.4 Å². The summed E-state index contributed by atoms with van der Waals surface area (Å²) in [6, 6.07) is 12.6. The molecule has 160 valence electrons. The molecule has 2 aromatic carbocycles. The fraction of sp³-hybridized carbons (Fsp3) is 0.227. The number of benzene rings is 2. The second-order valence-electron chi connectivity index (χ2n) is 7.13. The summed E-state index contributed by atoms with van der Waals surface area (Å²) >= 11 is 0. The normalized spacial score (nSPS) is 14.4. The van der Waals surface area contributed by atoms with Crippen LogP contribution in [0.2, 0.25) is 0 Å². The zero-order valence-corrected chi connectivity index (χ0v) is 16.8. The fourth-order valence-electron chi connectivity index (χ4n) is 3.33. The van der Waals surface area contributed by atoms with E-state index in [1.54, 1.807) is 18.2 Å². The molecule has 1 fully saturated rings. The monoisotopic (exact) mass is 423 g/mol. The molecule has 3 aromatic rings. The zero-order chi connectivity index (χ0) is 21.8. The number of nitrogen functional groups attached to an aromatic ring is 1. The van der Waals surface area contributed by atoms with Crippen molar-refractivity contribution < 1.29 is 18.7 Å². The van der Waals surface area contributed by atoms with Crippen LogP contribution in [0.25, 0.3) is 11.4 Å². The van der Waals surface area contributed by atoms with Gasteiger partial charge < -0.3 is 20.9 Å². The van der Waals surface area contributed by atoms with Crippen molar-refractivity contribution in [1.82, 2.24) is 14.9 Å². The number of hydrogen-bond donors (Lipinski definition) is 2. The van der Waals surface area contributed by atoms with Crippen LogP contribution in [0.4, 0.5) is 10.2 Å². The molecule has 0 spiro atoms. The van der Waals surface area contributed by atoms with Crippen LogP contribution in [-0.2, 0) is 11.3 Å². The van der Waals surface area contributed by atoms with Crippen LogP contribution in [0.15, 0.2) is 48.5 Å². The molecule has 1 aliphatic heterocycles. The number of ether oxygens (including phenoxy) is 2. The van der Waals surface area contributed by atoms with Crippen molar-refractivity contribution in [2.75, 3.05) is 32.0 Å². The van der Waals surface area contributed by atoms with Crippen LogP contribution >= 0.6 is 0 Å². The first-order valence-electron chi connectivity index (χ1n) is 9.79. The predicted molar refractivity (Wildman–Crippen MR) is 113 cm³/mol. The quantitative estimate of drug-likeness (QED) is 0.626. The lowest BCUT2D eigenvalue weighted by atomic mass is 10.0. The van der Waals surface area contributed by atoms with Crippen LogP contribution in [0.5, 0.6) is 11.5 Å². The third-order valence-electron chi connectivity index (χ3n) is 4.86. The van der Waals surface area contributed by atoms with Crippen molar-refractivity contribution in [3.8, 4) is 22.9 Å². The van der Waals surface area contributed by atoms with E-state index in [0.29, 0.717) is 42.6 Å². The summed E-state index contributed by atoms with van der Waals surface area (Å²) in [4.78, 5) is 22.5. The van der Waals surface area contributed by atoms with Crippen molar-refractivity contribution in [3.63, 3.8) is 0 Å². The van der Waals surface area contributed by atoms with Gasteiger partial charge in [0, 0.05) is 31.3 Å². The number of aromatic nitrogens is 2. The molecule has 0 atom stereocenters. The Morgan fingerprint density at radius 2 is 1.77 bits per heavy atom. The Kier molecular flexibility index (Phi) is 6.06. The van der Waals surface area contributed by atoms with Gasteiger partial charge in [0.1, 0.15) is 28.8 Å². The molecule has 0 saturated carbocycles. The summed E-state index contributed by atoms with van der Waals surface area (Å²) in [5.74, 6) is 0.551. The minimum Gasteiger partial charge on any atom is -0.457 e. The Hall–Kier alpha value is -3.56. The number of halogens is 1. The van der Waals surface area contributed by atoms with Gasteiger partial charge in [0.05, 0.1) is 13.2 Å². The molecule has 0 aliphatic carbocycles. The van der Waals surface area contributed by atoms with Crippen LogP contribution < -0.4 is 16.2 Å². The van der Waals surface area contributed by atoms with E-state index in [1.165, 1.54) is 18.2 Å². The standard InChI is InChI=1S/C22H22FN5O3/c23-15-1-3-16(4-2-15)31-17-5-6-18(14(11-17)13-28-7-9-30-10-8-28)22-26-19(21(25)29)12-20(24)27-22/h1-6,11-12H,7-10,13H2,(H2,25,29)(H2,24,26,27). The van der Waals surface area contributed by atoms with Crippen molar-refractivity contribution in [3.05, 3.63) is 65.6 Å². The average molecular weight is 423 g/mol. The van der Waals surface area contributed by atoms with Crippen molar-refractivity contribution in [2.45, 2.75) is 6.54 Å². The number of rotatable bonds is 6. The van der Waals surface area contributed by atoms with Gasteiger partial charge in [-0.2, -0.15) is 0 Å². The molecule has 1 saturated heterocycles. The van der Waals surface area contributed by atoms with E-state index in [0.717, 1.165) is 18.7 Å². The summed E-state index contributed by atoms with van der Waals surface area (Å²) in [7, 11) is 0. The molecule has 2 heterocycles. The molecule has 9 heteroatoms. The van der Waals surface area contributed by atoms with Crippen LogP contribution in [-0.4, -0.2) is 47.1 Å². The third kappa shape index (κ3) is 5.14. The lowest BCUT2D eigenvalue weighted by molar-refractivity contribution is 0.0342. The van der Waals surface area contributed by atoms with Gasteiger partial charge in [-0.3, -0.25) is 9.69 Å². The molecule has 31 heavy (non-hydrogen) atoms. The minimum atomic E-state index is -0.679. The second-order valence-corrected chi connectivity index (χ2v) is 7.13. The van der Waals surface area contributed by atoms with Crippen LogP contribution in [0.1, 0.15) is 16.1 Å². The molecule has 0 radical (unpaired) electrons. The molecule has 1 aromatic heterocycles. The first-order chi connectivity index (χ1) is 15.0. The van der Waals surface area contributed by atoms with E-state index in [9.17, 15) is 9.18 Å². The summed E-state index contributed by atoms with van der Waals surface area (Å²) in [5.41, 5.74) is 12.9. The Labute approximate surface area is 178 Å². The zero-order valence-electron chi connectivity index (χ0n) is 16.8. The maximum absolute atomic E-state index is 13.2. The largest absolute Gasteiger partial charge is 0.457 e. The molecule has 8 nitrogen and oxygen atoms in total. The van der Waals surface area contributed by atoms with E-state index < -0.39 is 5.91 Å². The topological polar surface area (TPSA) is 117 Å². The van der Waals surface area contributed by atoms with Crippen molar-refractivity contribution in [2.24, 2.45) is 5.73 Å². The van der Waals surface area contributed by atoms with E-state index in [2.05, 4.69) is 14.9 Å². The molecular weight excluding hydrogens is 401 g/mol. The molecule has 0 unspecified atom stereocenters. The van der Waals surface area contributed by atoms with Gasteiger partial charge >= 0.3 is 0 Å². The van der Waals surface area contributed by atoms with Gasteiger partial charge in [-0.05, 0) is 48.0 Å². The number of nitrogens with two attached hydrogens (primary N) is 2. The Morgan fingerprint density at radius 3 is 2.48 bits per heavy atom. The number of carbonyl (C=O) groups excluding carboxylic acids is 1. The maximum atomic E-state index is 13.2. The molecule has 1 amide bonds. The van der Waals surface area contributed by atoms with Crippen molar-refractivity contribution in [1.29, 1.82) is 0 Å². The molecule has 4 rings (SSSR count). The van der Waals surface area contributed by atoms with Gasteiger partial charge in [0.15, 0.2) is 5.82 Å². The number of carbonyl (C=O) groups is 1. The van der Waals surface area contributed by atoms with E-state index in [1.807, 2.05) is 12.1 Å². The number of amides is 1. The third-order valence-corrected chi connectivity index (χ3v) is 4.86. The lowest BCUT2D eigenvalue weighted by Gasteiger charge is -2.27. The Bertz CT molecular complexity index is 1090. The van der Waals surface area contributed by atoms with Crippen LogP contribution in [0, 0.1) is 5.82 Å². The first kappa shape index (κ1) is 20.7. The van der Waals surface area contributed by atoms with Gasteiger partial charge in [-0.15, -0.1) is 0 Å². The molecule has 1 aliphatic rings. The molecule has 0 bridgehead atoms. The van der Waals surface area contributed by atoms with E-state index in [4.69, 9.17) is 20.9 Å². The van der Waals surface area contributed by atoms with E-state index >= 15 is 0 Å². The number of primary amides is 1. The van der Waals surface area contributed by atoms with Crippen molar-refractivity contribution >= 4 is 11.7 Å². The molecule has 4 N–H and O–H groups in total. The predicted octanol–water partition coefficient (Wildman–Crippen LogP) is 2.59. The summed E-state index contributed by atoms with van der Waals surface area (Å²) < 4.78 is 24.5. The SMILES string of the molecule is NC(=O)c1cc(N)nc(-c2ccc(Oc3ccc(F)cc3)cc2CN2CCOCC2)n1. The van der Waals surface area contributed by atoms with Crippen LogP contribution in [0.3, 0.4) is 0 Å². The van der Waals surface area contributed by atoms with Gasteiger partial charge in [0.25, 0.3) is 5.91 Å². The highest BCUT2D eigenvalue weighted by Crippen LogP contribution is 2.30.